The first kappa shape index (κ1) is 26.8. The molecule has 4 nitrogen and oxygen atoms in total. The van der Waals surface area contributed by atoms with Gasteiger partial charge in [-0.3, -0.25) is 14.7 Å². The normalized spacial score (nSPS) is 21.9. The molecule has 2 aliphatic rings. The standard InChI is InChI=1S/C20H23F6N3OS.BrH/c1-28-17(11-31-18(28)27-15-6-4-2-3-5-7-15)29(12-30)16-9-13(19(21,22)23)8-14(10-16)20(24,25)26;/h8-10,12,15,17H,2-7,11H2,1H3;1H. The molecule has 12 heteroatoms. The second-order valence-corrected chi connectivity index (χ2v) is 8.72. The molecule has 1 aliphatic carbocycles. The molecule has 0 N–H and O–H groups in total. The number of amidine groups is 1. The van der Waals surface area contributed by atoms with Crippen molar-refractivity contribution in [2.45, 2.75) is 63.1 Å². The van der Waals surface area contributed by atoms with Gasteiger partial charge in [0, 0.05) is 18.5 Å². The molecule has 1 heterocycles. The van der Waals surface area contributed by atoms with Gasteiger partial charge in [0.25, 0.3) is 0 Å². The molecule has 3 rings (SSSR count). The molecule has 1 atom stereocenters. The van der Waals surface area contributed by atoms with Gasteiger partial charge in [0.1, 0.15) is 6.17 Å². The van der Waals surface area contributed by atoms with E-state index in [2.05, 4.69) is 0 Å². The van der Waals surface area contributed by atoms with Crippen molar-refractivity contribution < 1.29 is 31.1 Å². The Hall–Kier alpha value is -1.43. The van der Waals surface area contributed by atoms with Gasteiger partial charge in [0.15, 0.2) is 5.17 Å². The average molecular weight is 548 g/mol. The van der Waals surface area contributed by atoms with Crippen molar-refractivity contribution >= 4 is 46.0 Å². The molecule has 1 amide bonds. The number of rotatable bonds is 4. The highest BCUT2D eigenvalue weighted by Crippen LogP contribution is 2.39. The Morgan fingerprint density at radius 3 is 2.00 bits per heavy atom. The van der Waals surface area contributed by atoms with Crippen LogP contribution in [0.15, 0.2) is 23.2 Å². The number of amides is 1. The number of anilines is 1. The summed E-state index contributed by atoms with van der Waals surface area (Å²) in [5.74, 6) is 0.290. The molecule has 180 valence electrons. The summed E-state index contributed by atoms with van der Waals surface area (Å²) < 4.78 is 79.2. The minimum atomic E-state index is -4.98. The van der Waals surface area contributed by atoms with Crippen LogP contribution in [0.5, 0.6) is 0 Å². The lowest BCUT2D eigenvalue weighted by Crippen LogP contribution is -2.45. The molecule has 1 aliphatic heterocycles. The summed E-state index contributed by atoms with van der Waals surface area (Å²) in [5, 5.41) is 0.645. The first-order valence-electron chi connectivity index (χ1n) is 9.97. The fraction of sp³-hybridized carbons (Fsp3) is 0.600. The van der Waals surface area contributed by atoms with Crippen molar-refractivity contribution in [3.8, 4) is 0 Å². The third kappa shape index (κ3) is 6.33. The molecule has 1 saturated carbocycles. The number of nitrogens with zero attached hydrogens (tertiary/aromatic N) is 3. The van der Waals surface area contributed by atoms with E-state index in [0.717, 1.165) is 43.4 Å². The van der Waals surface area contributed by atoms with Gasteiger partial charge in [0.2, 0.25) is 6.41 Å². The lowest BCUT2D eigenvalue weighted by Gasteiger charge is -2.31. The Labute approximate surface area is 197 Å². The van der Waals surface area contributed by atoms with Crippen LogP contribution in [-0.2, 0) is 17.1 Å². The maximum Gasteiger partial charge on any atom is 0.416 e. The molecular formula is C20H24BrF6N3OS. The van der Waals surface area contributed by atoms with E-state index in [1.807, 2.05) is 0 Å². The molecular weight excluding hydrogens is 524 g/mol. The van der Waals surface area contributed by atoms with Crippen LogP contribution in [-0.4, -0.2) is 41.5 Å². The number of alkyl halides is 6. The number of hydrogen-bond acceptors (Lipinski definition) is 3. The fourth-order valence-electron chi connectivity index (χ4n) is 3.82. The average Bonchev–Trinajstić information content (AvgIpc) is 2.89. The van der Waals surface area contributed by atoms with Gasteiger partial charge in [-0.05, 0) is 31.0 Å². The Morgan fingerprint density at radius 2 is 1.53 bits per heavy atom. The topological polar surface area (TPSA) is 35.9 Å². The van der Waals surface area contributed by atoms with E-state index in [0.29, 0.717) is 23.1 Å². The minimum Gasteiger partial charge on any atom is -0.333 e. The highest BCUT2D eigenvalue weighted by Gasteiger charge is 2.39. The molecule has 0 bridgehead atoms. The van der Waals surface area contributed by atoms with Gasteiger partial charge in [0.05, 0.1) is 17.2 Å². The van der Waals surface area contributed by atoms with Crippen molar-refractivity contribution in [3.63, 3.8) is 0 Å². The second kappa shape index (κ2) is 10.7. The lowest BCUT2D eigenvalue weighted by molar-refractivity contribution is -0.143. The summed E-state index contributed by atoms with van der Waals surface area (Å²) in [5.41, 5.74) is -3.36. The Balaban J connectivity index is 0.00000363. The number of carbonyl (C=O) groups is 1. The van der Waals surface area contributed by atoms with Crippen LogP contribution in [0.2, 0.25) is 0 Å². The number of carbonyl (C=O) groups excluding carboxylic acids is 1. The van der Waals surface area contributed by atoms with Crippen molar-refractivity contribution in [1.29, 1.82) is 0 Å². The van der Waals surface area contributed by atoms with Crippen LogP contribution in [0, 0.1) is 0 Å². The van der Waals surface area contributed by atoms with Gasteiger partial charge in [-0.15, -0.1) is 17.0 Å². The molecule has 0 spiro atoms. The van der Waals surface area contributed by atoms with Crippen LogP contribution in [0.3, 0.4) is 0 Å². The van der Waals surface area contributed by atoms with Crippen LogP contribution < -0.4 is 4.90 Å². The molecule has 1 aromatic carbocycles. The van der Waals surface area contributed by atoms with Crippen molar-refractivity contribution in [3.05, 3.63) is 29.3 Å². The van der Waals surface area contributed by atoms with Gasteiger partial charge >= 0.3 is 12.4 Å². The minimum absolute atomic E-state index is 0. The molecule has 1 saturated heterocycles. The number of benzene rings is 1. The predicted molar refractivity (Wildman–Crippen MR) is 118 cm³/mol. The smallest absolute Gasteiger partial charge is 0.333 e. The molecule has 1 aromatic rings. The summed E-state index contributed by atoms with van der Waals surface area (Å²) in [6.45, 7) is 0. The van der Waals surface area contributed by atoms with Crippen molar-refractivity contribution in [2.75, 3.05) is 17.7 Å². The summed E-state index contributed by atoms with van der Waals surface area (Å²) in [7, 11) is 1.65. The lowest BCUT2D eigenvalue weighted by atomic mass is 10.1. The molecule has 32 heavy (non-hydrogen) atoms. The van der Waals surface area contributed by atoms with E-state index in [1.54, 1.807) is 11.9 Å². The maximum absolute atomic E-state index is 13.2. The van der Waals surface area contributed by atoms with Crippen molar-refractivity contribution in [1.82, 2.24) is 4.90 Å². The molecule has 2 fully saturated rings. The van der Waals surface area contributed by atoms with E-state index in [4.69, 9.17) is 4.99 Å². The Bertz CT molecular complexity index is 792. The molecule has 0 radical (unpaired) electrons. The molecule has 1 unspecified atom stereocenters. The largest absolute Gasteiger partial charge is 0.416 e. The zero-order valence-electron chi connectivity index (χ0n) is 17.2. The second-order valence-electron chi connectivity index (χ2n) is 7.74. The SMILES string of the molecule is Br.CN1C(=NC2CCCCCC2)SCC1N(C=O)c1cc(C(F)(F)F)cc(C(F)(F)F)c1. The van der Waals surface area contributed by atoms with Crippen LogP contribution in [0.1, 0.15) is 49.7 Å². The zero-order chi connectivity index (χ0) is 22.8. The number of aliphatic imine (C=N–C) groups is 1. The summed E-state index contributed by atoms with van der Waals surface area (Å²) >= 11 is 1.35. The Kier molecular flexibility index (Phi) is 8.94. The molecule has 0 aromatic heterocycles. The number of hydrogen-bond donors (Lipinski definition) is 0. The Morgan fingerprint density at radius 1 is 1.00 bits per heavy atom. The quantitative estimate of drug-likeness (QED) is 0.250. The summed E-state index contributed by atoms with van der Waals surface area (Å²) in [6, 6.07) is 1.34. The number of thioether (sulfide) groups is 1. The third-order valence-corrected chi connectivity index (χ3v) is 6.65. The van der Waals surface area contributed by atoms with Crippen LogP contribution >= 0.6 is 28.7 Å². The van der Waals surface area contributed by atoms with Gasteiger partial charge < -0.3 is 4.90 Å². The van der Waals surface area contributed by atoms with Crippen LogP contribution in [0.4, 0.5) is 32.0 Å². The van der Waals surface area contributed by atoms with E-state index >= 15 is 0 Å². The fourth-order valence-corrected chi connectivity index (χ4v) is 5.05. The zero-order valence-corrected chi connectivity index (χ0v) is 19.8. The van der Waals surface area contributed by atoms with E-state index in [-0.39, 0.29) is 35.5 Å². The highest BCUT2D eigenvalue weighted by atomic mass is 79.9. The van der Waals surface area contributed by atoms with Crippen LogP contribution in [0.25, 0.3) is 0 Å². The monoisotopic (exact) mass is 547 g/mol. The first-order valence-corrected chi connectivity index (χ1v) is 11.0. The maximum atomic E-state index is 13.2. The van der Waals surface area contributed by atoms with Gasteiger partial charge in [-0.1, -0.05) is 37.4 Å². The summed E-state index contributed by atoms with van der Waals surface area (Å²) in [4.78, 5) is 19.1. The first-order chi connectivity index (χ1) is 14.5. The van der Waals surface area contributed by atoms with E-state index < -0.39 is 35.3 Å². The van der Waals surface area contributed by atoms with Gasteiger partial charge in [-0.2, -0.15) is 26.3 Å². The van der Waals surface area contributed by atoms with E-state index in [1.165, 1.54) is 11.8 Å². The third-order valence-electron chi connectivity index (χ3n) is 5.53. The summed E-state index contributed by atoms with van der Waals surface area (Å²) in [6.07, 6.45) is -4.08. The van der Waals surface area contributed by atoms with E-state index in [9.17, 15) is 31.1 Å². The number of halogens is 7. The van der Waals surface area contributed by atoms with Gasteiger partial charge in [-0.25, -0.2) is 0 Å². The van der Waals surface area contributed by atoms with Crippen molar-refractivity contribution in [2.24, 2.45) is 4.99 Å². The highest BCUT2D eigenvalue weighted by molar-refractivity contribution is 8.93. The predicted octanol–water partition coefficient (Wildman–Crippen LogP) is 6.35.